The molecule has 0 aliphatic carbocycles. The largest absolute Gasteiger partial charge is 0.329 e. The number of rotatable bonds is 4. The summed E-state index contributed by atoms with van der Waals surface area (Å²) in [4.78, 5) is 24.5. The Balaban J connectivity index is 1.58. The SMILES string of the molecule is Cc1ncsc1C(=O)N1CCC[C@@H]1c1cccc(Cc2ccccc2F)n1. The average Bonchev–Trinajstić information content (AvgIpc) is 3.32. The summed E-state index contributed by atoms with van der Waals surface area (Å²) in [6, 6.07) is 12.5. The third kappa shape index (κ3) is 3.62. The first-order chi connectivity index (χ1) is 13.1. The van der Waals surface area contributed by atoms with Gasteiger partial charge in [-0.15, -0.1) is 11.3 Å². The summed E-state index contributed by atoms with van der Waals surface area (Å²) in [5, 5.41) is 0. The van der Waals surface area contributed by atoms with Crippen LogP contribution in [0.3, 0.4) is 0 Å². The second-order valence-corrected chi connectivity index (χ2v) is 7.60. The molecule has 1 aliphatic heterocycles. The number of nitrogens with zero attached hydrogens (tertiary/aromatic N) is 3. The van der Waals surface area contributed by atoms with E-state index < -0.39 is 0 Å². The van der Waals surface area contributed by atoms with E-state index in [4.69, 9.17) is 4.98 Å². The van der Waals surface area contributed by atoms with Crippen molar-refractivity contribution in [1.82, 2.24) is 14.9 Å². The van der Waals surface area contributed by atoms with E-state index in [2.05, 4.69) is 4.98 Å². The molecule has 0 saturated carbocycles. The molecule has 4 rings (SSSR count). The van der Waals surface area contributed by atoms with E-state index in [0.717, 1.165) is 36.5 Å². The number of carbonyl (C=O) groups excluding carboxylic acids is 1. The molecule has 1 aromatic carbocycles. The van der Waals surface area contributed by atoms with Crippen LogP contribution in [-0.4, -0.2) is 27.3 Å². The van der Waals surface area contributed by atoms with Gasteiger partial charge in [0.1, 0.15) is 10.7 Å². The first-order valence-electron chi connectivity index (χ1n) is 9.04. The van der Waals surface area contributed by atoms with E-state index in [0.29, 0.717) is 16.9 Å². The molecular formula is C21H20FN3OS. The van der Waals surface area contributed by atoms with Crippen molar-refractivity contribution < 1.29 is 9.18 Å². The summed E-state index contributed by atoms with van der Waals surface area (Å²) in [5.41, 5.74) is 4.79. The first-order valence-corrected chi connectivity index (χ1v) is 9.92. The molecule has 1 saturated heterocycles. The molecule has 1 fully saturated rings. The zero-order valence-corrected chi connectivity index (χ0v) is 15.9. The average molecular weight is 381 g/mol. The maximum atomic E-state index is 14.0. The number of pyridine rings is 1. The second kappa shape index (κ2) is 7.56. The van der Waals surface area contributed by atoms with E-state index in [1.165, 1.54) is 17.4 Å². The molecule has 3 aromatic rings. The molecule has 4 nitrogen and oxygen atoms in total. The van der Waals surface area contributed by atoms with Gasteiger partial charge in [0, 0.05) is 18.7 Å². The van der Waals surface area contributed by atoms with Gasteiger partial charge in [-0.05, 0) is 43.5 Å². The van der Waals surface area contributed by atoms with Crippen LogP contribution in [-0.2, 0) is 6.42 Å². The van der Waals surface area contributed by atoms with Gasteiger partial charge in [0.05, 0.1) is 22.9 Å². The van der Waals surface area contributed by atoms with E-state index in [9.17, 15) is 9.18 Å². The van der Waals surface area contributed by atoms with Crippen LogP contribution in [0.15, 0.2) is 48.0 Å². The monoisotopic (exact) mass is 381 g/mol. The van der Waals surface area contributed by atoms with E-state index in [1.54, 1.807) is 17.6 Å². The minimum atomic E-state index is -0.219. The normalized spacial score (nSPS) is 16.7. The minimum absolute atomic E-state index is 0.0267. The summed E-state index contributed by atoms with van der Waals surface area (Å²) in [6.45, 7) is 2.59. The Morgan fingerprint density at radius 2 is 2.11 bits per heavy atom. The molecule has 6 heteroatoms. The molecule has 1 aliphatic rings. The molecule has 3 heterocycles. The van der Waals surface area contributed by atoms with Crippen molar-refractivity contribution in [1.29, 1.82) is 0 Å². The van der Waals surface area contributed by atoms with Gasteiger partial charge in [0.25, 0.3) is 5.91 Å². The quantitative estimate of drug-likeness (QED) is 0.666. The number of thiazole rings is 1. The predicted octanol–water partition coefficient (Wildman–Crippen LogP) is 4.55. The van der Waals surface area contributed by atoms with Crippen molar-refractivity contribution in [3.05, 3.63) is 81.3 Å². The molecule has 2 aromatic heterocycles. The summed E-state index contributed by atoms with van der Waals surface area (Å²) in [5.74, 6) is -0.193. The lowest BCUT2D eigenvalue weighted by molar-refractivity contribution is 0.0736. The molecule has 138 valence electrons. The highest BCUT2D eigenvalue weighted by atomic mass is 32.1. The van der Waals surface area contributed by atoms with Crippen LogP contribution in [0.1, 0.15) is 51.2 Å². The molecule has 1 amide bonds. The molecule has 0 radical (unpaired) electrons. The summed E-state index contributed by atoms with van der Waals surface area (Å²) in [6.07, 6.45) is 2.28. The van der Waals surface area contributed by atoms with Crippen LogP contribution in [0, 0.1) is 12.7 Å². The highest BCUT2D eigenvalue weighted by molar-refractivity contribution is 7.11. The highest BCUT2D eigenvalue weighted by Crippen LogP contribution is 2.33. The lowest BCUT2D eigenvalue weighted by Crippen LogP contribution is -2.31. The van der Waals surface area contributed by atoms with Gasteiger partial charge in [-0.25, -0.2) is 9.37 Å². The standard InChI is InChI=1S/C21H20FN3OS/c1-14-20(27-13-23-14)21(26)25-11-5-10-19(25)18-9-4-7-16(24-18)12-15-6-2-3-8-17(15)22/h2-4,6-9,13,19H,5,10-12H2,1H3/t19-/m1/s1. The number of aryl methyl sites for hydroxylation is 1. The Kier molecular flexibility index (Phi) is 4.99. The Bertz CT molecular complexity index is 971. The molecule has 27 heavy (non-hydrogen) atoms. The van der Waals surface area contributed by atoms with E-state index in [-0.39, 0.29) is 17.8 Å². The minimum Gasteiger partial charge on any atom is -0.329 e. The summed E-state index contributed by atoms with van der Waals surface area (Å²) >= 11 is 1.38. The fourth-order valence-corrected chi connectivity index (χ4v) is 4.33. The molecular weight excluding hydrogens is 361 g/mol. The molecule has 0 bridgehead atoms. The predicted molar refractivity (Wildman–Crippen MR) is 103 cm³/mol. The number of amides is 1. The third-order valence-corrected chi connectivity index (χ3v) is 5.87. The van der Waals surface area contributed by atoms with E-state index >= 15 is 0 Å². The number of halogens is 1. The zero-order valence-electron chi connectivity index (χ0n) is 15.1. The van der Waals surface area contributed by atoms with Gasteiger partial charge in [-0.3, -0.25) is 9.78 Å². The number of aromatic nitrogens is 2. The van der Waals surface area contributed by atoms with Crippen molar-refractivity contribution in [3.63, 3.8) is 0 Å². The molecule has 0 N–H and O–H groups in total. The maximum absolute atomic E-state index is 14.0. The van der Waals surface area contributed by atoms with Crippen LogP contribution in [0.2, 0.25) is 0 Å². The van der Waals surface area contributed by atoms with E-state index in [1.807, 2.05) is 36.1 Å². The fraction of sp³-hybridized carbons (Fsp3) is 0.286. The van der Waals surface area contributed by atoms with Crippen molar-refractivity contribution in [3.8, 4) is 0 Å². The third-order valence-electron chi connectivity index (χ3n) is 4.95. The topological polar surface area (TPSA) is 46.1 Å². The number of benzene rings is 1. The molecule has 1 atom stereocenters. The lowest BCUT2D eigenvalue weighted by atomic mass is 10.1. The van der Waals surface area contributed by atoms with Crippen LogP contribution < -0.4 is 0 Å². The molecule has 0 spiro atoms. The van der Waals surface area contributed by atoms with Crippen molar-refractivity contribution in [2.24, 2.45) is 0 Å². The second-order valence-electron chi connectivity index (χ2n) is 6.75. The highest BCUT2D eigenvalue weighted by Gasteiger charge is 2.33. The number of hydrogen-bond acceptors (Lipinski definition) is 4. The van der Waals surface area contributed by atoms with Crippen LogP contribution >= 0.6 is 11.3 Å². The van der Waals surface area contributed by atoms with Gasteiger partial charge < -0.3 is 4.90 Å². The smallest absolute Gasteiger partial charge is 0.266 e. The number of hydrogen-bond donors (Lipinski definition) is 0. The number of carbonyl (C=O) groups is 1. The van der Waals surface area contributed by atoms with Crippen molar-refractivity contribution >= 4 is 17.2 Å². The lowest BCUT2D eigenvalue weighted by Gasteiger charge is -2.24. The Labute approximate surface area is 161 Å². The Hall–Kier alpha value is -2.60. The summed E-state index contributed by atoms with van der Waals surface area (Å²) < 4.78 is 14.0. The van der Waals surface area contributed by atoms with Gasteiger partial charge in [-0.1, -0.05) is 24.3 Å². The van der Waals surface area contributed by atoms with Gasteiger partial charge in [0.15, 0.2) is 0 Å². The van der Waals surface area contributed by atoms with Crippen LogP contribution in [0.4, 0.5) is 4.39 Å². The first kappa shape index (κ1) is 17.8. The maximum Gasteiger partial charge on any atom is 0.266 e. The van der Waals surface area contributed by atoms with Gasteiger partial charge in [-0.2, -0.15) is 0 Å². The fourth-order valence-electron chi connectivity index (χ4n) is 3.57. The number of likely N-dealkylation sites (tertiary alicyclic amines) is 1. The van der Waals surface area contributed by atoms with Crippen LogP contribution in [0.25, 0.3) is 0 Å². The van der Waals surface area contributed by atoms with Crippen molar-refractivity contribution in [2.45, 2.75) is 32.2 Å². The Morgan fingerprint density at radius 3 is 2.89 bits per heavy atom. The molecule has 0 unspecified atom stereocenters. The van der Waals surface area contributed by atoms with Gasteiger partial charge >= 0.3 is 0 Å². The Morgan fingerprint density at radius 1 is 1.26 bits per heavy atom. The van der Waals surface area contributed by atoms with Gasteiger partial charge in [0.2, 0.25) is 0 Å². The summed E-state index contributed by atoms with van der Waals surface area (Å²) in [7, 11) is 0. The van der Waals surface area contributed by atoms with Crippen molar-refractivity contribution in [2.75, 3.05) is 6.54 Å². The van der Waals surface area contributed by atoms with Crippen LogP contribution in [0.5, 0.6) is 0 Å². The zero-order chi connectivity index (χ0) is 18.8.